The minimum atomic E-state index is -4.42. The van der Waals surface area contributed by atoms with Crippen LogP contribution in [-0.4, -0.2) is 56.7 Å². The van der Waals surface area contributed by atoms with Crippen LogP contribution in [0, 0.1) is 6.92 Å². The number of aryl methyl sites for hydroxylation is 1. The fourth-order valence-corrected chi connectivity index (χ4v) is 3.01. The number of aliphatic hydroxyl groups is 1. The molecule has 0 saturated carbocycles. The van der Waals surface area contributed by atoms with Crippen molar-refractivity contribution in [1.29, 1.82) is 0 Å². The van der Waals surface area contributed by atoms with Crippen molar-refractivity contribution in [3.63, 3.8) is 0 Å². The largest absolute Gasteiger partial charge is 0.482 e. The number of ether oxygens (including phenoxy) is 1. The fourth-order valence-electron chi connectivity index (χ4n) is 3.01. The maximum Gasteiger partial charge on any atom is 0.422 e. The summed E-state index contributed by atoms with van der Waals surface area (Å²) in [7, 11) is 0. The molecule has 0 radical (unpaired) electrons. The Labute approximate surface area is 176 Å². The first-order valence-corrected chi connectivity index (χ1v) is 9.54. The highest BCUT2D eigenvalue weighted by molar-refractivity contribution is 5.86. The number of carbonyl (C=O) groups excluding carboxylic acids is 1. The van der Waals surface area contributed by atoms with E-state index >= 15 is 0 Å². The lowest BCUT2D eigenvalue weighted by Gasteiger charge is -2.15. The van der Waals surface area contributed by atoms with E-state index in [-0.39, 0.29) is 37.3 Å². The Morgan fingerprint density at radius 2 is 2.13 bits per heavy atom. The summed E-state index contributed by atoms with van der Waals surface area (Å²) in [5.41, 5.74) is 2.32. The molecule has 31 heavy (non-hydrogen) atoms. The normalized spacial score (nSPS) is 12.7. The molecule has 0 aromatic carbocycles. The van der Waals surface area contributed by atoms with E-state index in [1.165, 1.54) is 6.20 Å². The molecule has 0 bridgehead atoms. The molecule has 1 atom stereocenters. The number of aromatic nitrogens is 4. The van der Waals surface area contributed by atoms with Crippen molar-refractivity contribution in [3.8, 4) is 5.75 Å². The first-order valence-electron chi connectivity index (χ1n) is 9.54. The van der Waals surface area contributed by atoms with Gasteiger partial charge in [-0.05, 0) is 31.5 Å². The zero-order valence-electron chi connectivity index (χ0n) is 17.0. The highest BCUT2D eigenvalue weighted by atomic mass is 19.4. The lowest BCUT2D eigenvalue weighted by molar-refractivity contribution is -0.153. The summed E-state index contributed by atoms with van der Waals surface area (Å²) in [5, 5.41) is 16.6. The zero-order chi connectivity index (χ0) is 22.6. The van der Waals surface area contributed by atoms with Crippen molar-refractivity contribution >= 4 is 16.8 Å². The van der Waals surface area contributed by atoms with E-state index in [0.717, 1.165) is 0 Å². The number of rotatable bonds is 8. The van der Waals surface area contributed by atoms with Gasteiger partial charge in [0.1, 0.15) is 5.75 Å². The van der Waals surface area contributed by atoms with Gasteiger partial charge < -0.3 is 15.2 Å². The quantitative estimate of drug-likeness (QED) is 0.561. The van der Waals surface area contributed by atoms with Crippen LogP contribution in [0.25, 0.3) is 10.9 Å². The van der Waals surface area contributed by atoms with E-state index in [2.05, 4.69) is 20.4 Å². The number of alkyl halides is 3. The fraction of sp³-hybridized carbons (Fsp3) is 0.400. The predicted octanol–water partition coefficient (Wildman–Crippen LogP) is 2.34. The second-order valence-electron chi connectivity index (χ2n) is 7.00. The molecular formula is C20H22F3N5O3. The Morgan fingerprint density at radius 3 is 2.81 bits per heavy atom. The summed E-state index contributed by atoms with van der Waals surface area (Å²) in [5.74, 6) is -0.194. The number of hydrogen-bond donors (Lipinski definition) is 2. The number of fused-ring (bicyclic) bond motifs is 1. The summed E-state index contributed by atoms with van der Waals surface area (Å²) in [6.07, 6.45) is 0.212. The number of pyridine rings is 2. The molecule has 1 amide bonds. The van der Waals surface area contributed by atoms with Crippen molar-refractivity contribution in [2.45, 2.75) is 32.5 Å². The van der Waals surface area contributed by atoms with E-state index in [1.54, 1.807) is 36.1 Å². The van der Waals surface area contributed by atoms with Gasteiger partial charge in [-0.3, -0.25) is 19.4 Å². The average Bonchev–Trinajstić information content (AvgIpc) is 3.15. The highest BCUT2D eigenvalue weighted by Crippen LogP contribution is 2.26. The zero-order valence-corrected chi connectivity index (χ0v) is 17.0. The number of hydrogen-bond acceptors (Lipinski definition) is 6. The lowest BCUT2D eigenvalue weighted by atomic mass is 10.1. The van der Waals surface area contributed by atoms with Crippen LogP contribution in [0.2, 0.25) is 0 Å². The number of aliphatic hydroxyl groups excluding tert-OH is 1. The van der Waals surface area contributed by atoms with Gasteiger partial charge in [-0.15, -0.1) is 0 Å². The molecule has 0 aliphatic rings. The Hall–Kier alpha value is -3.21. The first kappa shape index (κ1) is 22.5. The average molecular weight is 437 g/mol. The Balaban J connectivity index is 1.81. The number of nitrogens with zero attached hydrogens (tertiary/aromatic N) is 4. The molecule has 0 saturated heterocycles. The third-order valence-corrected chi connectivity index (χ3v) is 4.60. The number of nitrogens with one attached hydrogen (secondary N) is 1. The molecule has 0 spiro atoms. The second kappa shape index (κ2) is 9.29. The molecule has 0 fully saturated rings. The molecule has 1 unspecified atom stereocenters. The third kappa shape index (κ3) is 5.69. The summed E-state index contributed by atoms with van der Waals surface area (Å²) in [4.78, 5) is 20.5. The van der Waals surface area contributed by atoms with Gasteiger partial charge in [0.2, 0.25) is 5.91 Å². The van der Waals surface area contributed by atoms with Crippen LogP contribution in [0.5, 0.6) is 5.75 Å². The van der Waals surface area contributed by atoms with Gasteiger partial charge in [-0.1, -0.05) is 0 Å². The topological polar surface area (TPSA) is 102 Å². The first-order chi connectivity index (χ1) is 14.7. The second-order valence-corrected chi connectivity index (χ2v) is 7.00. The van der Waals surface area contributed by atoms with E-state index in [1.807, 2.05) is 6.92 Å². The summed E-state index contributed by atoms with van der Waals surface area (Å²) in [6.45, 7) is 2.14. The highest BCUT2D eigenvalue weighted by Gasteiger charge is 2.28. The number of carbonyl (C=O) groups is 1. The van der Waals surface area contributed by atoms with Gasteiger partial charge in [0.15, 0.2) is 6.61 Å². The van der Waals surface area contributed by atoms with Gasteiger partial charge >= 0.3 is 6.18 Å². The van der Waals surface area contributed by atoms with Crippen LogP contribution in [0.4, 0.5) is 13.2 Å². The Morgan fingerprint density at radius 1 is 1.35 bits per heavy atom. The minimum absolute atomic E-state index is 0.0417. The number of amides is 1. The summed E-state index contributed by atoms with van der Waals surface area (Å²) >= 11 is 0. The van der Waals surface area contributed by atoms with Crippen molar-refractivity contribution in [2.75, 3.05) is 19.8 Å². The third-order valence-electron chi connectivity index (χ3n) is 4.60. The predicted molar refractivity (Wildman–Crippen MR) is 106 cm³/mol. The Kier molecular flexibility index (Phi) is 6.74. The van der Waals surface area contributed by atoms with Crippen molar-refractivity contribution in [2.24, 2.45) is 0 Å². The molecule has 8 nitrogen and oxygen atoms in total. The van der Waals surface area contributed by atoms with Crippen molar-refractivity contribution in [3.05, 3.63) is 47.7 Å². The van der Waals surface area contributed by atoms with Crippen molar-refractivity contribution in [1.82, 2.24) is 25.1 Å². The monoisotopic (exact) mass is 437 g/mol. The molecule has 3 aromatic rings. The van der Waals surface area contributed by atoms with E-state index in [0.29, 0.717) is 27.9 Å². The lowest BCUT2D eigenvalue weighted by Crippen LogP contribution is -2.28. The van der Waals surface area contributed by atoms with Crippen LogP contribution in [-0.2, 0) is 11.2 Å². The molecule has 11 heteroatoms. The molecule has 3 aromatic heterocycles. The summed E-state index contributed by atoms with van der Waals surface area (Å²) in [6, 6.07) is 3.06. The smallest absolute Gasteiger partial charge is 0.422 e. The SMILES string of the molecule is Cc1cc(C(C)n2cc3c(CC(=O)NCCO)nccc3n2)ncc1OCC(F)(F)F. The van der Waals surface area contributed by atoms with Crippen LogP contribution in [0.15, 0.2) is 30.7 Å². The van der Waals surface area contributed by atoms with Gasteiger partial charge in [0.05, 0.1) is 42.2 Å². The van der Waals surface area contributed by atoms with Gasteiger partial charge in [-0.25, -0.2) is 0 Å². The van der Waals surface area contributed by atoms with Crippen LogP contribution < -0.4 is 10.1 Å². The standard InChI is InChI=1S/C20H22F3N5O3/c1-12-7-16(26-9-18(12)31-11-20(21,22)23)13(2)28-10-14-15(27-28)3-4-24-17(14)8-19(30)25-5-6-29/h3-4,7,9-10,13,29H,5-6,8,11H2,1-2H3,(H,25,30). The van der Waals surface area contributed by atoms with Crippen LogP contribution >= 0.6 is 0 Å². The summed E-state index contributed by atoms with van der Waals surface area (Å²) < 4.78 is 43.6. The van der Waals surface area contributed by atoms with Crippen molar-refractivity contribution < 1.29 is 27.8 Å². The molecule has 0 aliphatic carbocycles. The molecule has 3 heterocycles. The Bertz CT molecular complexity index is 1070. The number of halogens is 3. The van der Waals surface area contributed by atoms with Crippen LogP contribution in [0.3, 0.4) is 0 Å². The van der Waals surface area contributed by atoms with Crippen LogP contribution in [0.1, 0.15) is 29.9 Å². The molecule has 3 rings (SSSR count). The maximum absolute atomic E-state index is 12.4. The molecular weight excluding hydrogens is 415 g/mol. The molecule has 166 valence electrons. The molecule has 2 N–H and O–H groups in total. The van der Waals surface area contributed by atoms with E-state index in [4.69, 9.17) is 9.84 Å². The van der Waals surface area contributed by atoms with Gasteiger partial charge in [0, 0.05) is 24.3 Å². The molecule has 0 aliphatic heterocycles. The van der Waals surface area contributed by atoms with Gasteiger partial charge in [0.25, 0.3) is 0 Å². The van der Waals surface area contributed by atoms with E-state index < -0.39 is 12.8 Å². The maximum atomic E-state index is 12.4. The minimum Gasteiger partial charge on any atom is -0.482 e. The van der Waals surface area contributed by atoms with E-state index in [9.17, 15) is 18.0 Å². The van der Waals surface area contributed by atoms with Gasteiger partial charge in [-0.2, -0.15) is 18.3 Å².